The van der Waals surface area contributed by atoms with E-state index in [-0.39, 0.29) is 11.2 Å². The number of aromatic nitrogens is 2. The molecule has 1 heterocycles. The van der Waals surface area contributed by atoms with E-state index < -0.39 is 0 Å². The first-order valence-corrected chi connectivity index (χ1v) is 6.97. The molecule has 3 nitrogen and oxygen atoms in total. The van der Waals surface area contributed by atoms with Gasteiger partial charge in [-0.05, 0) is 23.0 Å². The van der Waals surface area contributed by atoms with Gasteiger partial charge in [0.25, 0.3) is 0 Å². The lowest BCUT2D eigenvalue weighted by Crippen LogP contribution is -2.11. The van der Waals surface area contributed by atoms with E-state index in [1.807, 2.05) is 31.6 Å². The van der Waals surface area contributed by atoms with Gasteiger partial charge >= 0.3 is 0 Å². The van der Waals surface area contributed by atoms with Gasteiger partial charge < -0.3 is 0 Å². The summed E-state index contributed by atoms with van der Waals surface area (Å²) in [5.41, 5.74) is 3.27. The SMILES string of the molecule is Cn1cc(CCC(=O)c2ccc(C(C)(C)C)cc2)cn1. The second-order valence-electron chi connectivity index (χ2n) is 6.27. The lowest BCUT2D eigenvalue weighted by Gasteiger charge is -2.18. The summed E-state index contributed by atoms with van der Waals surface area (Å²) in [5.74, 6) is 0.189. The Balaban J connectivity index is 1.99. The first kappa shape index (κ1) is 14.5. The fourth-order valence-corrected chi connectivity index (χ4v) is 2.16. The molecular weight excluding hydrogens is 248 g/mol. The second-order valence-corrected chi connectivity index (χ2v) is 6.27. The number of hydrogen-bond acceptors (Lipinski definition) is 2. The van der Waals surface area contributed by atoms with Crippen LogP contribution in [-0.4, -0.2) is 15.6 Å². The minimum Gasteiger partial charge on any atom is -0.294 e. The zero-order valence-corrected chi connectivity index (χ0v) is 12.7. The van der Waals surface area contributed by atoms with E-state index >= 15 is 0 Å². The number of ketones is 1. The average Bonchev–Trinajstić information content (AvgIpc) is 2.81. The summed E-state index contributed by atoms with van der Waals surface area (Å²) in [4.78, 5) is 12.2. The molecule has 3 heteroatoms. The highest BCUT2D eigenvalue weighted by atomic mass is 16.1. The molecule has 1 aromatic heterocycles. The third-order valence-electron chi connectivity index (χ3n) is 3.47. The maximum Gasteiger partial charge on any atom is 0.163 e. The number of benzene rings is 1. The van der Waals surface area contributed by atoms with E-state index in [0.717, 1.165) is 17.5 Å². The molecule has 2 aromatic rings. The Labute approximate surface area is 120 Å². The molecule has 0 aliphatic rings. The van der Waals surface area contributed by atoms with Crippen LogP contribution in [0.5, 0.6) is 0 Å². The second kappa shape index (κ2) is 5.61. The summed E-state index contributed by atoms with van der Waals surface area (Å²) >= 11 is 0. The molecule has 0 N–H and O–H groups in total. The molecule has 0 saturated heterocycles. The molecule has 2 rings (SSSR count). The predicted octanol–water partition coefficient (Wildman–Crippen LogP) is 3.53. The highest BCUT2D eigenvalue weighted by molar-refractivity contribution is 5.96. The number of aryl methyl sites for hydroxylation is 2. The van der Waals surface area contributed by atoms with E-state index in [2.05, 4.69) is 38.0 Å². The normalized spacial score (nSPS) is 11.6. The highest BCUT2D eigenvalue weighted by Gasteiger charge is 2.14. The van der Waals surface area contributed by atoms with Crippen molar-refractivity contribution < 1.29 is 4.79 Å². The molecule has 0 bridgehead atoms. The van der Waals surface area contributed by atoms with Crippen LogP contribution in [0.25, 0.3) is 0 Å². The molecule has 106 valence electrons. The zero-order valence-electron chi connectivity index (χ0n) is 12.7. The van der Waals surface area contributed by atoms with E-state index in [1.165, 1.54) is 5.56 Å². The van der Waals surface area contributed by atoms with Crippen molar-refractivity contribution in [2.75, 3.05) is 0 Å². The van der Waals surface area contributed by atoms with Crippen molar-refractivity contribution in [3.63, 3.8) is 0 Å². The summed E-state index contributed by atoms with van der Waals surface area (Å²) in [5, 5.41) is 4.11. The van der Waals surface area contributed by atoms with Crippen LogP contribution in [0, 0.1) is 0 Å². The molecule has 0 saturated carbocycles. The Bertz CT molecular complexity index is 588. The van der Waals surface area contributed by atoms with E-state index in [0.29, 0.717) is 6.42 Å². The summed E-state index contributed by atoms with van der Waals surface area (Å²) in [6, 6.07) is 7.98. The van der Waals surface area contributed by atoms with Crippen molar-refractivity contribution in [1.29, 1.82) is 0 Å². The monoisotopic (exact) mass is 270 g/mol. The van der Waals surface area contributed by atoms with Gasteiger partial charge in [0.1, 0.15) is 0 Å². The maximum absolute atomic E-state index is 12.2. The largest absolute Gasteiger partial charge is 0.294 e. The topological polar surface area (TPSA) is 34.9 Å². The Hall–Kier alpha value is -1.90. The molecule has 0 amide bonds. The van der Waals surface area contributed by atoms with Gasteiger partial charge in [-0.15, -0.1) is 0 Å². The van der Waals surface area contributed by atoms with Gasteiger partial charge in [-0.25, -0.2) is 0 Å². The molecule has 0 aliphatic carbocycles. The van der Waals surface area contributed by atoms with Crippen LogP contribution in [0.1, 0.15) is 48.7 Å². The first-order valence-electron chi connectivity index (χ1n) is 6.97. The van der Waals surface area contributed by atoms with Crippen molar-refractivity contribution in [2.24, 2.45) is 7.05 Å². The fraction of sp³-hybridized carbons (Fsp3) is 0.412. The van der Waals surface area contributed by atoms with Crippen molar-refractivity contribution in [1.82, 2.24) is 9.78 Å². The van der Waals surface area contributed by atoms with E-state index in [9.17, 15) is 4.79 Å². The van der Waals surface area contributed by atoms with Gasteiger partial charge in [0.05, 0.1) is 6.20 Å². The Morgan fingerprint density at radius 2 is 1.85 bits per heavy atom. The highest BCUT2D eigenvalue weighted by Crippen LogP contribution is 2.22. The molecule has 0 atom stereocenters. The number of nitrogens with zero attached hydrogens (tertiary/aromatic N) is 2. The molecule has 20 heavy (non-hydrogen) atoms. The zero-order chi connectivity index (χ0) is 14.8. The minimum atomic E-state index is 0.122. The summed E-state index contributed by atoms with van der Waals surface area (Å²) in [6.07, 6.45) is 5.04. The van der Waals surface area contributed by atoms with Crippen LogP contribution in [0.4, 0.5) is 0 Å². The van der Waals surface area contributed by atoms with Crippen molar-refractivity contribution in [2.45, 2.75) is 39.0 Å². The van der Waals surface area contributed by atoms with Gasteiger partial charge in [0.15, 0.2) is 5.78 Å². The van der Waals surface area contributed by atoms with Crippen molar-refractivity contribution in [3.8, 4) is 0 Å². The molecule has 0 radical (unpaired) electrons. The summed E-state index contributed by atoms with van der Waals surface area (Å²) < 4.78 is 1.76. The average molecular weight is 270 g/mol. The first-order chi connectivity index (χ1) is 9.36. The minimum absolute atomic E-state index is 0.122. The number of Topliss-reactive ketones (excluding diaryl/α,β-unsaturated/α-hetero) is 1. The lowest BCUT2D eigenvalue weighted by molar-refractivity contribution is 0.0983. The number of hydrogen-bond donors (Lipinski definition) is 0. The maximum atomic E-state index is 12.2. The molecular formula is C17H22N2O. The number of rotatable bonds is 4. The Morgan fingerprint density at radius 1 is 1.20 bits per heavy atom. The lowest BCUT2D eigenvalue weighted by atomic mass is 9.86. The Morgan fingerprint density at radius 3 is 2.35 bits per heavy atom. The molecule has 0 aliphatic heterocycles. The summed E-state index contributed by atoms with van der Waals surface area (Å²) in [7, 11) is 1.89. The molecule has 0 spiro atoms. The van der Waals surface area contributed by atoms with E-state index in [4.69, 9.17) is 0 Å². The van der Waals surface area contributed by atoms with Gasteiger partial charge in [-0.3, -0.25) is 9.48 Å². The van der Waals surface area contributed by atoms with Gasteiger partial charge in [0, 0.05) is 25.2 Å². The van der Waals surface area contributed by atoms with Crippen LogP contribution in [-0.2, 0) is 18.9 Å². The van der Waals surface area contributed by atoms with Crippen LogP contribution >= 0.6 is 0 Å². The van der Waals surface area contributed by atoms with Crippen molar-refractivity contribution in [3.05, 3.63) is 53.3 Å². The third kappa shape index (κ3) is 3.56. The number of carbonyl (C=O) groups is 1. The smallest absolute Gasteiger partial charge is 0.163 e. The van der Waals surface area contributed by atoms with Crippen molar-refractivity contribution >= 4 is 5.78 Å². The van der Waals surface area contributed by atoms with Crippen LogP contribution in [0.2, 0.25) is 0 Å². The third-order valence-corrected chi connectivity index (χ3v) is 3.47. The standard InChI is InChI=1S/C17H22N2O/c1-17(2,3)15-8-6-14(7-9-15)16(20)10-5-13-11-18-19(4)12-13/h6-9,11-12H,5,10H2,1-4H3. The van der Waals surface area contributed by atoms with E-state index in [1.54, 1.807) is 4.68 Å². The number of carbonyl (C=O) groups excluding carboxylic acids is 1. The van der Waals surface area contributed by atoms with Gasteiger partial charge in [0.2, 0.25) is 0 Å². The van der Waals surface area contributed by atoms with Gasteiger partial charge in [-0.1, -0.05) is 45.0 Å². The quantitative estimate of drug-likeness (QED) is 0.797. The predicted molar refractivity (Wildman–Crippen MR) is 81.0 cm³/mol. The fourth-order valence-electron chi connectivity index (χ4n) is 2.16. The molecule has 1 aromatic carbocycles. The summed E-state index contributed by atoms with van der Waals surface area (Å²) in [6.45, 7) is 6.52. The Kier molecular flexibility index (Phi) is 4.07. The van der Waals surface area contributed by atoms with Crippen LogP contribution < -0.4 is 0 Å². The van der Waals surface area contributed by atoms with Crippen LogP contribution in [0.15, 0.2) is 36.7 Å². The van der Waals surface area contributed by atoms with Gasteiger partial charge in [-0.2, -0.15) is 5.10 Å². The van der Waals surface area contributed by atoms with Crippen LogP contribution in [0.3, 0.4) is 0 Å². The molecule has 0 unspecified atom stereocenters. The molecule has 0 fully saturated rings.